The number of rotatable bonds is 3. The lowest BCUT2D eigenvalue weighted by Gasteiger charge is -2.25. The number of aromatic nitrogens is 4. The average molecular weight is 364 g/mol. The summed E-state index contributed by atoms with van der Waals surface area (Å²) in [5.41, 5.74) is 6.39. The molecular formula is C15H18BrN5O. The van der Waals surface area contributed by atoms with E-state index in [-0.39, 0.29) is 5.82 Å². The molecule has 0 radical (unpaired) electrons. The van der Waals surface area contributed by atoms with Crippen molar-refractivity contribution in [3.63, 3.8) is 0 Å². The van der Waals surface area contributed by atoms with E-state index in [1.165, 1.54) is 25.7 Å². The second-order valence-corrected chi connectivity index (χ2v) is 7.44. The molecule has 2 N–H and O–H groups in total. The highest BCUT2D eigenvalue weighted by atomic mass is 79.9. The van der Waals surface area contributed by atoms with Crippen LogP contribution < -0.4 is 10.5 Å². The minimum absolute atomic E-state index is 0.266. The molecule has 1 unspecified atom stereocenters. The first-order chi connectivity index (χ1) is 10.5. The van der Waals surface area contributed by atoms with Crippen LogP contribution in [0.4, 0.5) is 5.82 Å². The first-order valence-corrected chi connectivity index (χ1v) is 8.33. The van der Waals surface area contributed by atoms with Gasteiger partial charge >= 0.3 is 0 Å². The summed E-state index contributed by atoms with van der Waals surface area (Å²) in [7, 11) is 0. The number of hydrogen-bond acceptors (Lipinski definition) is 5. The molecule has 0 aliphatic heterocycles. The van der Waals surface area contributed by atoms with Crippen LogP contribution in [-0.4, -0.2) is 19.7 Å². The van der Waals surface area contributed by atoms with Crippen LogP contribution >= 0.6 is 15.9 Å². The van der Waals surface area contributed by atoms with Crippen LogP contribution in [0.3, 0.4) is 0 Å². The van der Waals surface area contributed by atoms with Crippen molar-refractivity contribution in [3.8, 4) is 11.6 Å². The SMILES string of the molecule is C[C@]12CC[C@@H](n3cc(Oc4nc(Br)cnc4N)cn3)CC1C2. The van der Waals surface area contributed by atoms with E-state index in [0.717, 1.165) is 5.92 Å². The monoisotopic (exact) mass is 363 g/mol. The molecule has 2 aromatic heterocycles. The summed E-state index contributed by atoms with van der Waals surface area (Å²) >= 11 is 3.26. The molecule has 2 aromatic rings. The summed E-state index contributed by atoms with van der Waals surface area (Å²) < 4.78 is 8.32. The average Bonchev–Trinajstić information content (AvgIpc) is 2.94. The van der Waals surface area contributed by atoms with Gasteiger partial charge in [0.05, 0.1) is 24.6 Å². The molecule has 2 fully saturated rings. The molecule has 116 valence electrons. The van der Waals surface area contributed by atoms with Gasteiger partial charge < -0.3 is 10.5 Å². The third kappa shape index (κ3) is 2.47. The summed E-state index contributed by atoms with van der Waals surface area (Å²) in [4.78, 5) is 8.20. The highest BCUT2D eigenvalue weighted by molar-refractivity contribution is 9.10. The molecule has 0 amide bonds. The fourth-order valence-corrected chi connectivity index (χ4v) is 3.75. The molecule has 2 heterocycles. The van der Waals surface area contributed by atoms with Gasteiger partial charge in [-0.15, -0.1) is 0 Å². The standard InChI is InChI=1S/C15H18BrN5O/c1-15-3-2-10(4-9(15)5-15)21-8-11(6-19-21)22-14-13(17)18-7-12(16)20-14/h6-10H,2-5H2,1H3,(H2,17,18)/t9?,10-,15-/m1/s1. The summed E-state index contributed by atoms with van der Waals surface area (Å²) in [5, 5.41) is 4.45. The van der Waals surface area contributed by atoms with Crippen LogP contribution in [0, 0.1) is 11.3 Å². The fourth-order valence-electron chi connectivity index (χ4n) is 3.48. The van der Waals surface area contributed by atoms with Crippen LogP contribution in [-0.2, 0) is 0 Å². The van der Waals surface area contributed by atoms with Crippen molar-refractivity contribution in [2.24, 2.45) is 11.3 Å². The molecule has 6 nitrogen and oxygen atoms in total. The number of nitrogens with two attached hydrogens (primary N) is 1. The second-order valence-electron chi connectivity index (χ2n) is 6.62. The molecule has 22 heavy (non-hydrogen) atoms. The van der Waals surface area contributed by atoms with Gasteiger partial charge in [0, 0.05) is 0 Å². The van der Waals surface area contributed by atoms with Crippen molar-refractivity contribution >= 4 is 21.7 Å². The summed E-state index contributed by atoms with van der Waals surface area (Å²) in [5.74, 6) is 2.07. The van der Waals surface area contributed by atoms with Crippen molar-refractivity contribution < 1.29 is 4.74 Å². The van der Waals surface area contributed by atoms with Gasteiger partial charge in [0.1, 0.15) is 4.60 Å². The third-order valence-electron chi connectivity index (χ3n) is 5.05. The Hall–Kier alpha value is -1.63. The zero-order valence-electron chi connectivity index (χ0n) is 12.4. The molecule has 2 aliphatic rings. The lowest BCUT2D eigenvalue weighted by molar-refractivity contribution is 0.264. The molecule has 3 atom stereocenters. The fraction of sp³-hybridized carbons (Fsp3) is 0.533. The predicted molar refractivity (Wildman–Crippen MR) is 85.5 cm³/mol. The van der Waals surface area contributed by atoms with Crippen LogP contribution in [0.1, 0.15) is 38.6 Å². The van der Waals surface area contributed by atoms with Gasteiger partial charge in [-0.2, -0.15) is 5.10 Å². The largest absolute Gasteiger partial charge is 0.433 e. The van der Waals surface area contributed by atoms with E-state index in [9.17, 15) is 0 Å². The normalized spacial score (nSPS) is 29.9. The summed E-state index contributed by atoms with van der Waals surface area (Å²) in [6, 6.07) is 0.476. The lowest BCUT2D eigenvalue weighted by Crippen LogP contribution is -2.18. The first kappa shape index (κ1) is 14.0. The zero-order valence-corrected chi connectivity index (χ0v) is 14.0. The summed E-state index contributed by atoms with van der Waals surface area (Å²) in [6.45, 7) is 2.40. The number of halogens is 1. The maximum Gasteiger partial charge on any atom is 0.263 e. The number of fused-ring (bicyclic) bond motifs is 1. The Labute approximate surface area is 137 Å². The predicted octanol–water partition coefficient (Wildman–Crippen LogP) is 3.56. The van der Waals surface area contributed by atoms with Gasteiger partial charge in [-0.3, -0.25) is 4.68 Å². The van der Waals surface area contributed by atoms with Crippen LogP contribution in [0.15, 0.2) is 23.2 Å². The molecule has 7 heteroatoms. The molecule has 0 aromatic carbocycles. The van der Waals surface area contributed by atoms with Crippen LogP contribution in [0.25, 0.3) is 0 Å². The van der Waals surface area contributed by atoms with Gasteiger partial charge in [-0.25, -0.2) is 9.97 Å². The minimum atomic E-state index is 0.266. The van der Waals surface area contributed by atoms with Gasteiger partial charge in [-0.1, -0.05) is 6.92 Å². The zero-order chi connectivity index (χ0) is 15.3. The van der Waals surface area contributed by atoms with Crippen molar-refractivity contribution in [1.29, 1.82) is 0 Å². The second kappa shape index (κ2) is 4.94. The molecule has 0 bridgehead atoms. The number of nitrogens with zero attached hydrogens (tertiary/aromatic N) is 4. The van der Waals surface area contributed by atoms with Crippen molar-refractivity contribution in [3.05, 3.63) is 23.2 Å². The Morgan fingerprint density at radius 3 is 3.14 bits per heavy atom. The van der Waals surface area contributed by atoms with E-state index < -0.39 is 0 Å². The topological polar surface area (TPSA) is 78.8 Å². The molecule has 0 spiro atoms. The van der Waals surface area contributed by atoms with Crippen molar-refractivity contribution in [2.45, 2.75) is 38.6 Å². The highest BCUT2D eigenvalue weighted by Gasteiger charge is 2.53. The maximum atomic E-state index is 5.78. The Kier molecular flexibility index (Phi) is 3.14. The number of ether oxygens (including phenoxy) is 1. The van der Waals surface area contributed by atoms with Crippen molar-refractivity contribution in [2.75, 3.05) is 5.73 Å². The van der Waals surface area contributed by atoms with Gasteiger partial charge in [0.15, 0.2) is 11.6 Å². The smallest absolute Gasteiger partial charge is 0.263 e. The molecule has 0 saturated heterocycles. The van der Waals surface area contributed by atoms with E-state index in [1.807, 2.05) is 10.9 Å². The Bertz CT molecular complexity index is 718. The van der Waals surface area contributed by atoms with Gasteiger partial charge in [0.2, 0.25) is 0 Å². The Morgan fingerprint density at radius 1 is 1.45 bits per heavy atom. The lowest BCUT2D eigenvalue weighted by atomic mass is 9.87. The molecular weight excluding hydrogens is 346 g/mol. The minimum Gasteiger partial charge on any atom is -0.433 e. The van der Waals surface area contributed by atoms with Crippen LogP contribution in [0.5, 0.6) is 11.6 Å². The van der Waals surface area contributed by atoms with Gasteiger partial charge in [-0.05, 0) is 52.9 Å². The van der Waals surface area contributed by atoms with E-state index in [4.69, 9.17) is 10.5 Å². The van der Waals surface area contributed by atoms with E-state index >= 15 is 0 Å². The quantitative estimate of drug-likeness (QED) is 0.901. The highest BCUT2D eigenvalue weighted by Crippen LogP contribution is 2.62. The Morgan fingerprint density at radius 2 is 2.32 bits per heavy atom. The van der Waals surface area contributed by atoms with E-state index in [2.05, 4.69) is 37.9 Å². The van der Waals surface area contributed by atoms with Gasteiger partial charge in [0.25, 0.3) is 5.88 Å². The molecule has 2 aliphatic carbocycles. The first-order valence-electron chi connectivity index (χ1n) is 7.53. The number of anilines is 1. The Balaban J connectivity index is 1.48. The van der Waals surface area contributed by atoms with Crippen molar-refractivity contribution in [1.82, 2.24) is 19.7 Å². The number of hydrogen-bond donors (Lipinski definition) is 1. The molecule has 2 saturated carbocycles. The maximum absolute atomic E-state index is 5.78. The third-order valence-corrected chi connectivity index (χ3v) is 5.43. The van der Waals surface area contributed by atoms with E-state index in [0.29, 0.717) is 27.7 Å². The molecule has 4 rings (SSSR count). The summed E-state index contributed by atoms with van der Waals surface area (Å²) in [6.07, 6.45) is 10.3. The number of nitrogen functional groups attached to an aromatic ring is 1. The van der Waals surface area contributed by atoms with Crippen LogP contribution in [0.2, 0.25) is 0 Å². The van der Waals surface area contributed by atoms with E-state index in [1.54, 1.807) is 12.4 Å².